The maximum absolute atomic E-state index is 12.9. The van der Waals surface area contributed by atoms with Crippen LogP contribution in [0.3, 0.4) is 0 Å². The van der Waals surface area contributed by atoms with Crippen LogP contribution in [0, 0.1) is 5.41 Å². The number of thiazole rings is 1. The average molecular weight is 354 g/mol. The van der Waals surface area contributed by atoms with Gasteiger partial charge in [0.25, 0.3) is 0 Å². The Morgan fingerprint density at radius 1 is 1.45 bits per heavy atom. The van der Waals surface area contributed by atoms with Gasteiger partial charge in [-0.3, -0.25) is 4.79 Å². The van der Waals surface area contributed by atoms with Gasteiger partial charge in [0, 0.05) is 34.9 Å². The number of aliphatic hydroxyl groups is 1. The molecule has 0 atom stereocenters. The number of ketones is 1. The zero-order valence-electron chi connectivity index (χ0n) is 12.7. The van der Waals surface area contributed by atoms with Crippen LogP contribution in [-0.2, 0) is 6.42 Å². The maximum Gasteiger partial charge on any atom is 0.170 e. The summed E-state index contributed by atoms with van der Waals surface area (Å²) in [5.74, 6) is 1.10. The lowest BCUT2D eigenvalue weighted by Gasteiger charge is -2.28. The number of nitrogens with zero attached hydrogens (tertiary/aromatic N) is 1. The molecular formula is C16H19NO2S3. The SMILES string of the molecule is CC1(C)CCc2c(-c3nccs3)sc(SCCCO)c2C1=O. The molecule has 0 aliphatic heterocycles. The van der Waals surface area contributed by atoms with Crippen molar-refractivity contribution in [3.8, 4) is 9.88 Å². The van der Waals surface area contributed by atoms with Crippen LogP contribution in [0.5, 0.6) is 0 Å². The predicted octanol–water partition coefficient (Wildman–Crippen LogP) is 4.50. The number of hydrogen-bond acceptors (Lipinski definition) is 6. The summed E-state index contributed by atoms with van der Waals surface area (Å²) in [4.78, 5) is 18.5. The third-order valence-electron chi connectivity index (χ3n) is 3.98. The molecule has 0 unspecified atom stereocenters. The van der Waals surface area contributed by atoms with E-state index in [-0.39, 0.29) is 17.8 Å². The van der Waals surface area contributed by atoms with Gasteiger partial charge in [-0.15, -0.1) is 34.4 Å². The number of hydrogen-bond donors (Lipinski definition) is 1. The molecule has 6 heteroatoms. The highest BCUT2D eigenvalue weighted by Crippen LogP contribution is 2.48. The van der Waals surface area contributed by atoms with Gasteiger partial charge in [-0.05, 0) is 24.8 Å². The summed E-state index contributed by atoms with van der Waals surface area (Å²) in [6.45, 7) is 4.28. The van der Waals surface area contributed by atoms with Crippen molar-refractivity contribution >= 4 is 40.2 Å². The third kappa shape index (κ3) is 2.89. The molecule has 1 aliphatic rings. The van der Waals surface area contributed by atoms with Gasteiger partial charge >= 0.3 is 0 Å². The quantitative estimate of drug-likeness (QED) is 0.635. The largest absolute Gasteiger partial charge is 0.396 e. The molecule has 2 aromatic rings. The minimum absolute atomic E-state index is 0.194. The van der Waals surface area contributed by atoms with Crippen LogP contribution in [0.1, 0.15) is 42.6 Å². The summed E-state index contributed by atoms with van der Waals surface area (Å²) in [6, 6.07) is 0. The Kier molecular flexibility index (Phi) is 4.73. The number of aromatic nitrogens is 1. The van der Waals surface area contributed by atoms with Crippen LogP contribution >= 0.6 is 34.4 Å². The topological polar surface area (TPSA) is 50.2 Å². The van der Waals surface area contributed by atoms with Gasteiger partial charge in [-0.1, -0.05) is 13.8 Å². The van der Waals surface area contributed by atoms with E-state index in [1.807, 2.05) is 25.4 Å². The highest BCUT2D eigenvalue weighted by Gasteiger charge is 2.39. The Labute approximate surface area is 142 Å². The van der Waals surface area contributed by atoms with Gasteiger partial charge < -0.3 is 5.11 Å². The Bertz CT molecular complexity index is 674. The molecule has 118 valence electrons. The fourth-order valence-electron chi connectivity index (χ4n) is 2.64. The number of thioether (sulfide) groups is 1. The zero-order chi connectivity index (χ0) is 15.7. The van der Waals surface area contributed by atoms with Crippen molar-refractivity contribution in [2.75, 3.05) is 12.4 Å². The van der Waals surface area contributed by atoms with E-state index < -0.39 is 0 Å². The Morgan fingerprint density at radius 2 is 2.27 bits per heavy atom. The summed E-state index contributed by atoms with van der Waals surface area (Å²) >= 11 is 5.02. The third-order valence-corrected chi connectivity index (χ3v) is 7.49. The average Bonchev–Trinajstić information content (AvgIpc) is 3.11. The first-order chi connectivity index (χ1) is 10.5. The smallest absolute Gasteiger partial charge is 0.170 e. The summed E-state index contributed by atoms with van der Waals surface area (Å²) in [6.07, 6.45) is 4.41. The summed E-state index contributed by atoms with van der Waals surface area (Å²) < 4.78 is 1.10. The molecule has 2 heterocycles. The molecule has 0 bridgehead atoms. The van der Waals surface area contributed by atoms with Crippen molar-refractivity contribution in [2.24, 2.45) is 5.41 Å². The first-order valence-electron chi connectivity index (χ1n) is 7.38. The molecule has 2 aromatic heterocycles. The van der Waals surface area contributed by atoms with Crippen molar-refractivity contribution in [3.63, 3.8) is 0 Å². The van der Waals surface area contributed by atoms with Gasteiger partial charge in [-0.25, -0.2) is 4.98 Å². The zero-order valence-corrected chi connectivity index (χ0v) is 15.2. The van der Waals surface area contributed by atoms with E-state index in [1.165, 1.54) is 10.4 Å². The lowest BCUT2D eigenvalue weighted by atomic mass is 9.74. The number of Topliss-reactive ketones (excluding diaryl/α,β-unsaturated/α-hetero) is 1. The fraction of sp³-hybridized carbons (Fsp3) is 0.500. The van der Waals surface area contributed by atoms with Crippen molar-refractivity contribution in [3.05, 3.63) is 22.7 Å². The van der Waals surface area contributed by atoms with Gasteiger partial charge in [-0.2, -0.15) is 0 Å². The van der Waals surface area contributed by atoms with Crippen LogP contribution in [0.25, 0.3) is 9.88 Å². The van der Waals surface area contributed by atoms with Crippen LogP contribution in [-0.4, -0.2) is 28.2 Å². The molecule has 0 saturated heterocycles. The molecule has 0 spiro atoms. The maximum atomic E-state index is 12.9. The molecular weight excluding hydrogens is 334 g/mol. The molecule has 0 radical (unpaired) electrons. The molecule has 3 rings (SSSR count). The van der Waals surface area contributed by atoms with Crippen molar-refractivity contribution in [1.82, 2.24) is 4.98 Å². The van der Waals surface area contributed by atoms with Crippen LogP contribution in [0.2, 0.25) is 0 Å². The molecule has 0 aromatic carbocycles. The van der Waals surface area contributed by atoms with Crippen LogP contribution in [0.4, 0.5) is 0 Å². The van der Waals surface area contributed by atoms with Crippen molar-refractivity contribution in [1.29, 1.82) is 0 Å². The van der Waals surface area contributed by atoms with E-state index in [0.717, 1.165) is 39.8 Å². The minimum atomic E-state index is -0.277. The second-order valence-corrected chi connectivity index (χ2v) is 9.33. The van der Waals surface area contributed by atoms with E-state index in [4.69, 9.17) is 5.11 Å². The summed E-state index contributed by atoms with van der Waals surface area (Å²) in [5.41, 5.74) is 1.84. The highest BCUT2D eigenvalue weighted by molar-refractivity contribution is 8.01. The predicted molar refractivity (Wildman–Crippen MR) is 94.3 cm³/mol. The molecule has 3 nitrogen and oxygen atoms in total. The van der Waals surface area contributed by atoms with E-state index in [2.05, 4.69) is 4.98 Å². The lowest BCUT2D eigenvalue weighted by Crippen LogP contribution is -2.30. The van der Waals surface area contributed by atoms with E-state index >= 15 is 0 Å². The number of carbonyl (C=O) groups is 1. The molecule has 1 N–H and O–H groups in total. The standard InChI is InChI=1S/C16H19NO2S3/c1-16(2)5-4-10-11(13(16)19)15(21-8-3-7-18)22-12(10)14-17-6-9-20-14/h6,9,18H,3-5,7-8H2,1-2H3. The Morgan fingerprint density at radius 3 is 2.95 bits per heavy atom. The van der Waals surface area contributed by atoms with Crippen molar-refractivity contribution in [2.45, 2.75) is 37.3 Å². The number of fused-ring (bicyclic) bond motifs is 1. The molecule has 1 aliphatic carbocycles. The normalized spacial score (nSPS) is 16.8. The number of aliphatic hydroxyl groups excluding tert-OH is 1. The highest BCUT2D eigenvalue weighted by atomic mass is 32.2. The van der Waals surface area contributed by atoms with Gasteiger partial charge in [0.15, 0.2) is 5.78 Å². The van der Waals surface area contributed by atoms with Crippen molar-refractivity contribution < 1.29 is 9.90 Å². The first kappa shape index (κ1) is 16.2. The van der Waals surface area contributed by atoms with E-state index in [9.17, 15) is 4.79 Å². The Hall–Kier alpha value is -0.690. The van der Waals surface area contributed by atoms with Gasteiger partial charge in [0.1, 0.15) is 5.01 Å². The second kappa shape index (κ2) is 6.43. The van der Waals surface area contributed by atoms with Gasteiger partial charge in [0.05, 0.1) is 9.09 Å². The lowest BCUT2D eigenvalue weighted by molar-refractivity contribution is 0.0809. The molecule has 0 fully saturated rings. The van der Waals surface area contributed by atoms with Crippen LogP contribution in [0.15, 0.2) is 15.8 Å². The van der Waals surface area contributed by atoms with E-state index in [0.29, 0.717) is 0 Å². The summed E-state index contributed by atoms with van der Waals surface area (Å²) in [7, 11) is 0. The van der Waals surface area contributed by atoms with Crippen LogP contribution < -0.4 is 0 Å². The summed E-state index contributed by atoms with van der Waals surface area (Å²) in [5, 5.41) is 12.0. The minimum Gasteiger partial charge on any atom is -0.396 e. The van der Waals surface area contributed by atoms with Gasteiger partial charge in [0.2, 0.25) is 0 Å². The number of carbonyl (C=O) groups excluding carboxylic acids is 1. The molecule has 22 heavy (non-hydrogen) atoms. The number of thiophene rings is 1. The first-order valence-corrected chi connectivity index (χ1v) is 10.1. The molecule has 0 saturated carbocycles. The number of rotatable bonds is 5. The monoisotopic (exact) mass is 353 g/mol. The Balaban J connectivity index is 2.05. The molecule has 0 amide bonds. The second-order valence-electron chi connectivity index (χ2n) is 6.05. The fourth-order valence-corrected chi connectivity index (χ4v) is 6.04. The van der Waals surface area contributed by atoms with E-state index in [1.54, 1.807) is 34.4 Å².